The van der Waals surface area contributed by atoms with Gasteiger partial charge < -0.3 is 20.3 Å². The van der Waals surface area contributed by atoms with E-state index in [1.165, 1.54) is 12.1 Å². The van der Waals surface area contributed by atoms with Crippen LogP contribution in [0.3, 0.4) is 0 Å². The zero-order chi connectivity index (χ0) is 20.1. The highest BCUT2D eigenvalue weighted by Gasteiger charge is 2.17. The largest absolute Gasteiger partial charge is 0.504 e. The number of phenolic OH excluding ortho intramolecular Hbond substituents is 1. The zero-order valence-electron chi connectivity index (χ0n) is 14.8. The number of carbonyl (C=O) groups is 2. The van der Waals surface area contributed by atoms with Crippen LogP contribution in [0.2, 0.25) is 10.0 Å². The number of amides is 1. The number of carboxylic acids is 1. The smallest absolute Gasteiger partial charge is 0.303 e. The number of halogens is 2. The van der Waals surface area contributed by atoms with E-state index in [1.54, 1.807) is 18.2 Å². The number of hydrogen-bond donors (Lipinski definition) is 3. The molecule has 0 saturated heterocycles. The van der Waals surface area contributed by atoms with Gasteiger partial charge >= 0.3 is 5.97 Å². The van der Waals surface area contributed by atoms with Gasteiger partial charge in [-0.2, -0.15) is 0 Å². The summed E-state index contributed by atoms with van der Waals surface area (Å²) in [6, 6.07) is 8.01. The van der Waals surface area contributed by atoms with Gasteiger partial charge in [-0.25, -0.2) is 0 Å². The predicted molar refractivity (Wildman–Crippen MR) is 104 cm³/mol. The molecule has 0 spiro atoms. The molecule has 2 aromatic carbocycles. The fourth-order valence-electron chi connectivity index (χ4n) is 2.37. The number of para-hydroxylation sites is 1. The Labute approximate surface area is 166 Å². The molecule has 2 rings (SSSR count). The maximum Gasteiger partial charge on any atom is 0.303 e. The SMILES string of the molecule is CC(C)c1cccc(Oc2c(Cl)cc(NC(=O)CCC(=O)O)cc2Cl)c1O. The van der Waals surface area contributed by atoms with Crippen LogP contribution in [0.15, 0.2) is 30.3 Å². The quantitative estimate of drug-likeness (QED) is 0.565. The first-order valence-electron chi connectivity index (χ1n) is 8.19. The summed E-state index contributed by atoms with van der Waals surface area (Å²) in [5.41, 5.74) is 1.04. The first-order chi connectivity index (χ1) is 12.7. The van der Waals surface area contributed by atoms with E-state index in [1.807, 2.05) is 13.8 Å². The van der Waals surface area contributed by atoms with Crippen molar-refractivity contribution in [2.45, 2.75) is 32.6 Å². The second-order valence-electron chi connectivity index (χ2n) is 6.16. The minimum atomic E-state index is -1.06. The average Bonchev–Trinajstić information content (AvgIpc) is 2.57. The Morgan fingerprint density at radius 2 is 1.78 bits per heavy atom. The maximum atomic E-state index is 11.7. The number of ether oxygens (including phenoxy) is 1. The molecule has 0 aliphatic carbocycles. The van der Waals surface area contributed by atoms with Crippen LogP contribution in [0, 0.1) is 0 Å². The number of nitrogens with one attached hydrogen (secondary N) is 1. The number of aliphatic carboxylic acids is 1. The van der Waals surface area contributed by atoms with E-state index >= 15 is 0 Å². The van der Waals surface area contributed by atoms with E-state index in [4.69, 9.17) is 33.0 Å². The van der Waals surface area contributed by atoms with Gasteiger partial charge in [-0.3, -0.25) is 9.59 Å². The van der Waals surface area contributed by atoms with Crippen molar-refractivity contribution in [1.82, 2.24) is 0 Å². The first-order valence-corrected chi connectivity index (χ1v) is 8.95. The van der Waals surface area contributed by atoms with Crippen molar-refractivity contribution in [2.75, 3.05) is 5.32 Å². The molecule has 0 aromatic heterocycles. The van der Waals surface area contributed by atoms with Crippen molar-refractivity contribution >= 4 is 40.8 Å². The fraction of sp³-hybridized carbons (Fsp3) is 0.263. The minimum absolute atomic E-state index is 0.00526. The lowest BCUT2D eigenvalue weighted by Gasteiger charge is -2.15. The summed E-state index contributed by atoms with van der Waals surface area (Å²) in [5.74, 6) is -1.08. The van der Waals surface area contributed by atoms with Gasteiger partial charge in [-0.1, -0.05) is 49.2 Å². The van der Waals surface area contributed by atoms with Crippen LogP contribution >= 0.6 is 23.2 Å². The molecular formula is C19H19Cl2NO5. The van der Waals surface area contributed by atoms with Crippen LogP contribution in [-0.2, 0) is 9.59 Å². The normalized spacial score (nSPS) is 10.7. The molecule has 0 unspecified atom stereocenters. The monoisotopic (exact) mass is 411 g/mol. The summed E-state index contributed by atoms with van der Waals surface area (Å²) >= 11 is 12.4. The lowest BCUT2D eigenvalue weighted by molar-refractivity contribution is -0.138. The summed E-state index contributed by atoms with van der Waals surface area (Å²) in [5, 5.41) is 21.8. The number of rotatable bonds is 7. The van der Waals surface area contributed by atoms with Crippen LogP contribution in [0.5, 0.6) is 17.2 Å². The number of phenols is 1. The third-order valence-electron chi connectivity index (χ3n) is 3.71. The lowest BCUT2D eigenvalue weighted by Crippen LogP contribution is -2.13. The molecule has 0 bridgehead atoms. The van der Waals surface area contributed by atoms with E-state index in [9.17, 15) is 14.7 Å². The van der Waals surface area contributed by atoms with Gasteiger partial charge in [0.1, 0.15) is 0 Å². The Bertz CT molecular complexity index is 844. The lowest BCUT2D eigenvalue weighted by atomic mass is 10.0. The molecule has 0 fully saturated rings. The number of aromatic hydroxyl groups is 1. The molecule has 6 nitrogen and oxygen atoms in total. The van der Waals surface area contributed by atoms with Crippen molar-refractivity contribution in [3.8, 4) is 17.2 Å². The predicted octanol–water partition coefficient (Wildman–Crippen LogP) is 5.42. The average molecular weight is 412 g/mol. The number of anilines is 1. The number of carbonyl (C=O) groups excluding carboxylic acids is 1. The van der Waals surface area contributed by atoms with Crippen LogP contribution in [0.25, 0.3) is 0 Å². The third-order valence-corrected chi connectivity index (χ3v) is 4.27. The molecule has 8 heteroatoms. The zero-order valence-corrected chi connectivity index (χ0v) is 16.3. The number of carboxylic acid groups (broad SMARTS) is 1. The molecule has 3 N–H and O–H groups in total. The van der Waals surface area contributed by atoms with Gasteiger partial charge in [0.05, 0.1) is 16.5 Å². The van der Waals surface area contributed by atoms with Crippen molar-refractivity contribution < 1.29 is 24.5 Å². The number of hydrogen-bond acceptors (Lipinski definition) is 4. The Hall–Kier alpha value is -2.44. The van der Waals surface area contributed by atoms with Gasteiger partial charge in [0, 0.05) is 17.7 Å². The molecule has 0 atom stereocenters. The highest BCUT2D eigenvalue weighted by Crippen LogP contribution is 2.43. The molecular weight excluding hydrogens is 393 g/mol. The molecule has 0 aliphatic rings. The van der Waals surface area contributed by atoms with Crippen LogP contribution in [0.1, 0.15) is 38.2 Å². The van der Waals surface area contributed by atoms with E-state index in [0.29, 0.717) is 5.69 Å². The Balaban J connectivity index is 2.22. The molecule has 2 aromatic rings. The third kappa shape index (κ3) is 5.52. The van der Waals surface area contributed by atoms with Gasteiger partial charge in [0.25, 0.3) is 0 Å². The molecule has 0 heterocycles. The van der Waals surface area contributed by atoms with E-state index in [2.05, 4.69) is 5.32 Å². The van der Waals surface area contributed by atoms with E-state index in [-0.39, 0.29) is 46.1 Å². The van der Waals surface area contributed by atoms with Crippen molar-refractivity contribution in [3.63, 3.8) is 0 Å². The molecule has 1 amide bonds. The summed E-state index contributed by atoms with van der Waals surface area (Å²) in [4.78, 5) is 22.3. The fourth-order valence-corrected chi connectivity index (χ4v) is 2.94. The second-order valence-corrected chi connectivity index (χ2v) is 6.98. The highest BCUT2D eigenvalue weighted by atomic mass is 35.5. The Kier molecular flexibility index (Phi) is 6.93. The van der Waals surface area contributed by atoms with Crippen molar-refractivity contribution in [2.24, 2.45) is 0 Å². The molecule has 0 radical (unpaired) electrons. The first kappa shape index (κ1) is 20.9. The summed E-state index contributed by atoms with van der Waals surface area (Å²) in [6.07, 6.45) is -0.446. The number of benzene rings is 2. The van der Waals surface area contributed by atoms with E-state index in [0.717, 1.165) is 5.56 Å². The van der Waals surface area contributed by atoms with Gasteiger partial charge in [-0.05, 0) is 24.1 Å². The maximum absolute atomic E-state index is 11.7. The van der Waals surface area contributed by atoms with Gasteiger partial charge in [0.15, 0.2) is 17.2 Å². The Morgan fingerprint density at radius 3 is 2.33 bits per heavy atom. The van der Waals surface area contributed by atoms with Crippen LogP contribution in [-0.4, -0.2) is 22.1 Å². The Morgan fingerprint density at radius 1 is 1.15 bits per heavy atom. The van der Waals surface area contributed by atoms with E-state index < -0.39 is 11.9 Å². The summed E-state index contributed by atoms with van der Waals surface area (Å²) < 4.78 is 5.70. The van der Waals surface area contributed by atoms with Crippen molar-refractivity contribution in [3.05, 3.63) is 45.9 Å². The topological polar surface area (TPSA) is 95.9 Å². The van der Waals surface area contributed by atoms with Gasteiger partial charge in [0.2, 0.25) is 5.91 Å². The summed E-state index contributed by atoms with van der Waals surface area (Å²) in [7, 11) is 0. The molecule has 27 heavy (non-hydrogen) atoms. The minimum Gasteiger partial charge on any atom is -0.504 e. The summed E-state index contributed by atoms with van der Waals surface area (Å²) in [6.45, 7) is 3.89. The standard InChI is InChI=1S/C19H19Cl2NO5/c1-10(2)12-4-3-5-15(18(12)26)27-19-13(20)8-11(9-14(19)21)22-16(23)6-7-17(24)25/h3-5,8-10,26H,6-7H2,1-2H3,(H,22,23)(H,24,25). The van der Waals surface area contributed by atoms with Crippen molar-refractivity contribution in [1.29, 1.82) is 0 Å². The van der Waals surface area contributed by atoms with Crippen LogP contribution in [0.4, 0.5) is 5.69 Å². The molecule has 144 valence electrons. The highest BCUT2D eigenvalue weighted by molar-refractivity contribution is 6.37. The van der Waals surface area contributed by atoms with Gasteiger partial charge in [-0.15, -0.1) is 0 Å². The second kappa shape index (κ2) is 8.97. The molecule has 0 aliphatic heterocycles. The van der Waals surface area contributed by atoms with Crippen LogP contribution < -0.4 is 10.1 Å². The molecule has 0 saturated carbocycles.